The monoisotopic (exact) mass is 281 g/mol. The van der Waals surface area contributed by atoms with Crippen LogP contribution in [0.15, 0.2) is 17.7 Å². The lowest BCUT2D eigenvalue weighted by molar-refractivity contribution is -0.146. The number of nitrogens with two attached hydrogens (primary N) is 1. The van der Waals surface area contributed by atoms with Crippen LogP contribution in [0, 0.1) is 0 Å². The molecule has 0 aliphatic carbocycles. The van der Waals surface area contributed by atoms with E-state index in [-0.39, 0.29) is 0 Å². The zero-order valence-corrected chi connectivity index (χ0v) is 11.5. The number of hydrogen-bond acceptors (Lipinski definition) is 7. The van der Waals surface area contributed by atoms with Crippen molar-refractivity contribution in [1.29, 1.82) is 0 Å². The van der Waals surface area contributed by atoms with Crippen molar-refractivity contribution in [3.63, 3.8) is 0 Å². The first-order valence-electron chi connectivity index (χ1n) is 5.69. The summed E-state index contributed by atoms with van der Waals surface area (Å²) in [6.07, 6.45) is 3.53. The lowest BCUT2D eigenvalue weighted by atomic mass is 10.0. The normalized spacial score (nSPS) is 14.3. The van der Waals surface area contributed by atoms with E-state index in [9.17, 15) is 4.79 Å². The summed E-state index contributed by atoms with van der Waals surface area (Å²) in [5, 5.41) is 0.795. The molecule has 0 spiro atoms. The maximum Gasteiger partial charge on any atom is 0.325 e. The van der Waals surface area contributed by atoms with Gasteiger partial charge in [0.2, 0.25) is 0 Å². The number of nitrogens with zero attached hydrogens (tertiary/aromatic N) is 3. The van der Waals surface area contributed by atoms with Crippen molar-refractivity contribution < 1.29 is 9.53 Å². The Morgan fingerprint density at radius 1 is 1.53 bits per heavy atom. The molecule has 2 heterocycles. The zero-order chi connectivity index (χ0) is 13.9. The van der Waals surface area contributed by atoms with Crippen molar-refractivity contribution >= 4 is 28.9 Å². The van der Waals surface area contributed by atoms with E-state index in [1.807, 2.05) is 0 Å². The van der Waals surface area contributed by atoms with Gasteiger partial charge >= 0.3 is 5.97 Å². The number of imidazole rings is 1. The molecule has 0 aliphatic rings. The molecule has 0 fully saturated rings. The van der Waals surface area contributed by atoms with E-state index >= 15 is 0 Å². The second kappa shape index (κ2) is 5.54. The number of esters is 1. The van der Waals surface area contributed by atoms with Gasteiger partial charge in [-0.05, 0) is 13.3 Å². The van der Waals surface area contributed by atoms with Crippen LogP contribution in [0.5, 0.6) is 0 Å². The van der Waals surface area contributed by atoms with Crippen LogP contribution >= 0.6 is 11.8 Å². The number of carbonyl (C=O) groups excluding carboxylic acids is 1. The molecule has 8 heteroatoms. The van der Waals surface area contributed by atoms with Crippen molar-refractivity contribution in [2.45, 2.75) is 23.9 Å². The van der Waals surface area contributed by atoms with Crippen LogP contribution in [0.1, 0.15) is 13.3 Å². The van der Waals surface area contributed by atoms with Crippen LogP contribution in [-0.2, 0) is 9.53 Å². The second-order valence-electron chi connectivity index (χ2n) is 4.29. The lowest BCUT2D eigenvalue weighted by Gasteiger charge is -2.20. The summed E-state index contributed by atoms with van der Waals surface area (Å²) < 4.78 is 4.66. The number of aromatic nitrogens is 4. The number of rotatable bonds is 5. The molecule has 0 saturated carbocycles. The molecule has 0 saturated heterocycles. The Kier molecular flexibility index (Phi) is 4.01. The Hall–Kier alpha value is -1.67. The molecular formula is C11H15N5O2S. The largest absolute Gasteiger partial charge is 0.468 e. The highest BCUT2D eigenvalue weighted by molar-refractivity contribution is 7.99. The third kappa shape index (κ3) is 3.02. The van der Waals surface area contributed by atoms with E-state index in [1.54, 1.807) is 13.3 Å². The third-order valence-corrected chi connectivity index (χ3v) is 3.69. The first-order valence-corrected chi connectivity index (χ1v) is 6.67. The highest BCUT2D eigenvalue weighted by Gasteiger charge is 2.29. The van der Waals surface area contributed by atoms with Gasteiger partial charge in [0.1, 0.15) is 22.4 Å². The van der Waals surface area contributed by atoms with Crippen LogP contribution < -0.4 is 5.73 Å². The third-order valence-electron chi connectivity index (χ3n) is 2.70. The van der Waals surface area contributed by atoms with Gasteiger partial charge in [0.05, 0.1) is 13.4 Å². The number of nitrogens with one attached hydrogen (secondary N) is 1. The van der Waals surface area contributed by atoms with Gasteiger partial charge in [-0.25, -0.2) is 15.0 Å². The molecule has 2 rings (SSSR count). The molecule has 0 amide bonds. The molecule has 2 aromatic rings. The first-order chi connectivity index (χ1) is 9.04. The SMILES string of the molecule is COC(=O)C(C)(N)CCSc1ncnc2nc[nH]c12. The van der Waals surface area contributed by atoms with Crippen LogP contribution in [-0.4, -0.2) is 44.3 Å². The van der Waals surface area contributed by atoms with E-state index in [4.69, 9.17) is 5.73 Å². The van der Waals surface area contributed by atoms with Crippen LogP contribution in [0.25, 0.3) is 11.2 Å². The molecule has 0 aromatic carbocycles. The van der Waals surface area contributed by atoms with E-state index in [0.29, 0.717) is 17.8 Å². The van der Waals surface area contributed by atoms with Gasteiger partial charge in [0.25, 0.3) is 0 Å². The molecule has 1 atom stereocenters. The summed E-state index contributed by atoms with van der Waals surface area (Å²) in [7, 11) is 1.33. The predicted octanol–water partition coefficient (Wildman–Crippen LogP) is 0.725. The van der Waals surface area contributed by atoms with Crippen LogP contribution in [0.3, 0.4) is 0 Å². The highest BCUT2D eigenvalue weighted by Crippen LogP contribution is 2.24. The fourth-order valence-corrected chi connectivity index (χ4v) is 2.68. The number of fused-ring (bicyclic) bond motifs is 1. The molecule has 1 unspecified atom stereocenters. The minimum atomic E-state index is -0.984. The average molecular weight is 281 g/mol. The highest BCUT2D eigenvalue weighted by atomic mass is 32.2. The topological polar surface area (TPSA) is 107 Å². The van der Waals surface area contributed by atoms with Crippen molar-refractivity contribution in [3.8, 4) is 0 Å². The quantitative estimate of drug-likeness (QED) is 0.472. The van der Waals surface area contributed by atoms with Gasteiger partial charge in [-0.1, -0.05) is 0 Å². The number of methoxy groups -OCH3 is 1. The van der Waals surface area contributed by atoms with Gasteiger partial charge in [0, 0.05) is 5.75 Å². The molecular weight excluding hydrogens is 266 g/mol. The molecule has 0 radical (unpaired) electrons. The summed E-state index contributed by atoms with van der Waals surface area (Å²) >= 11 is 1.50. The van der Waals surface area contributed by atoms with Gasteiger partial charge in [-0.15, -0.1) is 11.8 Å². The predicted molar refractivity (Wildman–Crippen MR) is 71.6 cm³/mol. The summed E-state index contributed by atoms with van der Waals surface area (Å²) in [6.45, 7) is 1.66. The Morgan fingerprint density at radius 2 is 2.32 bits per heavy atom. The van der Waals surface area contributed by atoms with E-state index in [1.165, 1.54) is 25.2 Å². The number of aromatic amines is 1. The lowest BCUT2D eigenvalue weighted by Crippen LogP contribution is -2.46. The maximum absolute atomic E-state index is 11.4. The molecule has 0 aliphatic heterocycles. The number of thioether (sulfide) groups is 1. The smallest absolute Gasteiger partial charge is 0.325 e. The number of H-pyrrole nitrogens is 1. The van der Waals surface area contributed by atoms with E-state index in [2.05, 4.69) is 24.7 Å². The summed E-state index contributed by atoms with van der Waals surface area (Å²) in [5.74, 6) is 0.232. The van der Waals surface area contributed by atoms with Crippen molar-refractivity contribution in [2.75, 3.05) is 12.9 Å². The maximum atomic E-state index is 11.4. The van der Waals surface area contributed by atoms with Gasteiger partial charge in [-0.3, -0.25) is 4.79 Å². The number of ether oxygens (including phenoxy) is 1. The Morgan fingerprint density at radius 3 is 3.05 bits per heavy atom. The summed E-state index contributed by atoms with van der Waals surface area (Å²) in [6, 6.07) is 0. The molecule has 7 nitrogen and oxygen atoms in total. The van der Waals surface area contributed by atoms with Gasteiger partial charge in [-0.2, -0.15) is 0 Å². The van der Waals surface area contributed by atoms with Crippen molar-refractivity contribution in [1.82, 2.24) is 19.9 Å². The molecule has 19 heavy (non-hydrogen) atoms. The zero-order valence-electron chi connectivity index (χ0n) is 10.7. The molecule has 3 N–H and O–H groups in total. The fourth-order valence-electron chi connectivity index (χ4n) is 1.55. The molecule has 102 valence electrons. The summed E-state index contributed by atoms with van der Waals surface area (Å²) in [5.41, 5.74) is 6.32. The van der Waals surface area contributed by atoms with E-state index < -0.39 is 11.5 Å². The summed E-state index contributed by atoms with van der Waals surface area (Å²) in [4.78, 5) is 26.7. The van der Waals surface area contributed by atoms with Crippen molar-refractivity contribution in [2.24, 2.45) is 5.73 Å². The number of carbonyl (C=O) groups is 1. The minimum Gasteiger partial charge on any atom is -0.468 e. The minimum absolute atomic E-state index is 0.414. The van der Waals surface area contributed by atoms with Gasteiger partial charge < -0.3 is 15.5 Å². The van der Waals surface area contributed by atoms with Crippen LogP contribution in [0.4, 0.5) is 0 Å². The molecule has 0 bridgehead atoms. The number of hydrogen-bond donors (Lipinski definition) is 2. The fraction of sp³-hybridized carbons (Fsp3) is 0.455. The van der Waals surface area contributed by atoms with E-state index in [0.717, 1.165) is 10.5 Å². The average Bonchev–Trinajstić information content (AvgIpc) is 2.86. The second-order valence-corrected chi connectivity index (χ2v) is 5.37. The van der Waals surface area contributed by atoms with Gasteiger partial charge in [0.15, 0.2) is 5.65 Å². The Bertz CT molecular complexity index is 583. The van der Waals surface area contributed by atoms with Crippen molar-refractivity contribution in [3.05, 3.63) is 12.7 Å². The first kappa shape index (κ1) is 13.8. The molecule has 2 aromatic heterocycles. The Balaban J connectivity index is 2.00. The Labute approximate surface area is 114 Å². The van der Waals surface area contributed by atoms with Crippen LogP contribution in [0.2, 0.25) is 0 Å². The standard InChI is InChI=1S/C11H15N5O2S/c1-11(12,10(17)18-2)3-4-19-9-7-8(14-5-13-7)15-6-16-9/h5-6H,3-4,12H2,1-2H3,(H,13,14,15,16).